The fraction of sp³-hybridized carbons (Fsp3) is 0.452. The molecule has 2 aliphatic heterocycles. The van der Waals surface area contributed by atoms with E-state index >= 15 is 0 Å². The first kappa shape index (κ1) is 26.1. The molecule has 2 heterocycles. The van der Waals surface area contributed by atoms with Crippen LogP contribution in [0.1, 0.15) is 68.7 Å². The molecule has 0 radical (unpaired) electrons. The Labute approximate surface area is 231 Å². The molecule has 0 atom stereocenters. The van der Waals surface area contributed by atoms with Crippen LogP contribution in [0.5, 0.6) is 0 Å². The topological polar surface area (TPSA) is 35.5 Å². The van der Waals surface area contributed by atoms with Crippen molar-refractivity contribution in [2.75, 3.05) is 26.4 Å². The van der Waals surface area contributed by atoms with E-state index in [-0.39, 0.29) is 16.6 Å². The van der Waals surface area contributed by atoms with E-state index in [1.165, 1.54) is 26.7 Å². The molecule has 4 aliphatic rings. The smallest absolute Gasteiger partial charge is 0.160 e. The molecule has 2 aromatic carbocycles. The molecule has 0 amide bonds. The van der Waals surface area contributed by atoms with Crippen LogP contribution in [0.25, 0.3) is 11.1 Å². The van der Waals surface area contributed by atoms with Crippen molar-refractivity contribution in [1.82, 2.24) is 0 Å². The van der Waals surface area contributed by atoms with Crippen LogP contribution in [0.4, 0.5) is 0 Å². The Hall–Kier alpha value is -1.53. The molecule has 0 unspecified atom stereocenters. The van der Waals surface area contributed by atoms with Crippen molar-refractivity contribution >= 4 is 48.8 Å². The second-order valence-corrected chi connectivity index (χ2v) is 12.6. The second kappa shape index (κ2) is 10.3. The highest BCUT2D eigenvalue weighted by Gasteiger charge is 2.41. The molecule has 2 aliphatic carbocycles. The van der Waals surface area contributed by atoms with Gasteiger partial charge in [0.15, 0.2) is 5.78 Å². The average Bonchev–Trinajstić information content (AvgIpc) is 3.33. The van der Waals surface area contributed by atoms with Gasteiger partial charge in [-0.15, -0.1) is 0 Å². The van der Waals surface area contributed by atoms with E-state index in [4.69, 9.17) is 9.47 Å². The van der Waals surface area contributed by atoms with Gasteiger partial charge >= 0.3 is 0 Å². The normalized spacial score (nSPS) is 20.9. The predicted octanol–water partition coefficient (Wildman–Crippen LogP) is 8.03. The summed E-state index contributed by atoms with van der Waals surface area (Å²) in [5.74, 6) is 0.734. The number of rotatable bonds is 2. The van der Waals surface area contributed by atoms with Crippen LogP contribution in [0, 0.1) is 5.92 Å². The summed E-state index contributed by atoms with van der Waals surface area (Å²) in [5.41, 5.74) is 7.99. The molecule has 2 spiro atoms. The lowest BCUT2D eigenvalue weighted by Crippen LogP contribution is -2.30. The average molecular weight is 614 g/mol. The Bertz CT molecular complexity index is 1230. The van der Waals surface area contributed by atoms with Crippen LogP contribution >= 0.6 is 31.9 Å². The number of Topliss-reactive ketones (excluding diaryl/α,β-unsaturated/α-hetero) is 1. The monoisotopic (exact) mass is 612 g/mol. The number of ketones is 1. The van der Waals surface area contributed by atoms with Crippen LogP contribution in [0.3, 0.4) is 0 Å². The van der Waals surface area contributed by atoms with Crippen LogP contribution in [-0.4, -0.2) is 32.2 Å². The van der Waals surface area contributed by atoms with Gasteiger partial charge < -0.3 is 9.47 Å². The molecule has 2 saturated heterocycles. The summed E-state index contributed by atoms with van der Waals surface area (Å²) >= 11 is 7.09. The van der Waals surface area contributed by atoms with E-state index in [0.29, 0.717) is 5.92 Å². The van der Waals surface area contributed by atoms with Gasteiger partial charge in [0.05, 0.1) is 0 Å². The molecule has 2 fully saturated rings. The molecular weight excluding hydrogens is 580 g/mol. The van der Waals surface area contributed by atoms with Gasteiger partial charge in [0.1, 0.15) is 0 Å². The third kappa shape index (κ3) is 4.73. The SMILES string of the molecule is CC(=O)C1=CC2(CCOCC2)c2ccc(Br)cc21.CC(C)C1=CC2(CCOCC2)c2ccc(Br)cc21. The van der Waals surface area contributed by atoms with Gasteiger partial charge in [0.2, 0.25) is 0 Å². The first-order valence-electron chi connectivity index (χ1n) is 13.0. The van der Waals surface area contributed by atoms with Crippen molar-refractivity contribution in [3.8, 4) is 0 Å². The third-order valence-corrected chi connectivity index (χ3v) is 9.25. The molecule has 190 valence electrons. The van der Waals surface area contributed by atoms with Crippen LogP contribution in [0.2, 0.25) is 0 Å². The van der Waals surface area contributed by atoms with Gasteiger partial charge in [-0.1, -0.05) is 70.0 Å². The molecule has 2 aromatic rings. The maximum atomic E-state index is 11.8. The van der Waals surface area contributed by atoms with Crippen LogP contribution in [-0.2, 0) is 25.1 Å². The highest BCUT2D eigenvalue weighted by Crippen LogP contribution is 2.50. The van der Waals surface area contributed by atoms with E-state index in [1.54, 1.807) is 6.92 Å². The molecule has 0 bridgehead atoms. The molecule has 0 aromatic heterocycles. The second-order valence-electron chi connectivity index (χ2n) is 10.8. The summed E-state index contributed by atoms with van der Waals surface area (Å²) in [5, 5.41) is 0. The maximum Gasteiger partial charge on any atom is 0.160 e. The quantitative estimate of drug-likeness (QED) is 0.344. The largest absolute Gasteiger partial charge is 0.381 e. The minimum Gasteiger partial charge on any atom is -0.381 e. The zero-order valence-electron chi connectivity index (χ0n) is 21.3. The lowest BCUT2D eigenvalue weighted by atomic mass is 9.76. The summed E-state index contributed by atoms with van der Waals surface area (Å²) in [6, 6.07) is 13.0. The number of carbonyl (C=O) groups is 1. The van der Waals surface area contributed by atoms with E-state index < -0.39 is 0 Å². The Morgan fingerprint density at radius 3 is 1.75 bits per heavy atom. The third-order valence-electron chi connectivity index (χ3n) is 8.26. The number of hydrogen-bond donors (Lipinski definition) is 0. The van der Waals surface area contributed by atoms with Crippen LogP contribution in [0.15, 0.2) is 57.5 Å². The van der Waals surface area contributed by atoms with Crippen molar-refractivity contribution in [3.63, 3.8) is 0 Å². The highest BCUT2D eigenvalue weighted by atomic mass is 79.9. The Kier molecular flexibility index (Phi) is 7.48. The number of hydrogen-bond acceptors (Lipinski definition) is 3. The van der Waals surface area contributed by atoms with Crippen LogP contribution < -0.4 is 0 Å². The number of carbonyl (C=O) groups excluding carboxylic acids is 1. The first-order valence-corrected chi connectivity index (χ1v) is 14.6. The van der Waals surface area contributed by atoms with Gasteiger partial charge in [-0.2, -0.15) is 0 Å². The fourth-order valence-corrected chi connectivity index (χ4v) is 7.04. The molecule has 5 heteroatoms. The van der Waals surface area contributed by atoms with Gasteiger partial charge in [-0.05, 0) is 90.6 Å². The summed E-state index contributed by atoms with van der Waals surface area (Å²) in [6.45, 7) is 9.54. The first-order chi connectivity index (χ1) is 17.2. The maximum absolute atomic E-state index is 11.8. The van der Waals surface area contributed by atoms with Crippen molar-refractivity contribution in [3.05, 3.63) is 79.7 Å². The van der Waals surface area contributed by atoms with Crippen molar-refractivity contribution in [2.24, 2.45) is 5.92 Å². The van der Waals surface area contributed by atoms with E-state index in [0.717, 1.165) is 67.7 Å². The molecule has 3 nitrogen and oxygen atoms in total. The van der Waals surface area contributed by atoms with Crippen molar-refractivity contribution in [2.45, 2.75) is 57.3 Å². The lowest BCUT2D eigenvalue weighted by molar-refractivity contribution is -0.111. The van der Waals surface area contributed by atoms with Gasteiger partial charge in [0, 0.05) is 51.8 Å². The number of halogens is 2. The van der Waals surface area contributed by atoms with Gasteiger partial charge in [-0.3, -0.25) is 4.79 Å². The molecule has 0 saturated carbocycles. The zero-order valence-corrected chi connectivity index (χ0v) is 24.5. The Balaban J connectivity index is 0.000000148. The van der Waals surface area contributed by atoms with Gasteiger partial charge in [0.25, 0.3) is 0 Å². The molecule has 0 N–H and O–H groups in total. The minimum absolute atomic E-state index is 0.0231. The highest BCUT2D eigenvalue weighted by molar-refractivity contribution is 9.10. The van der Waals surface area contributed by atoms with E-state index in [9.17, 15) is 4.79 Å². The zero-order chi connectivity index (χ0) is 25.5. The number of benzene rings is 2. The Morgan fingerprint density at radius 1 is 0.778 bits per heavy atom. The number of fused-ring (bicyclic) bond motifs is 4. The molecular formula is C31H34Br2O3. The summed E-state index contributed by atoms with van der Waals surface area (Å²) in [4.78, 5) is 11.8. The Morgan fingerprint density at radius 2 is 1.25 bits per heavy atom. The van der Waals surface area contributed by atoms with E-state index in [2.05, 4.69) is 94.3 Å². The van der Waals surface area contributed by atoms with Crippen molar-refractivity contribution < 1.29 is 14.3 Å². The summed E-state index contributed by atoms with van der Waals surface area (Å²) < 4.78 is 13.2. The summed E-state index contributed by atoms with van der Waals surface area (Å²) in [7, 11) is 0. The lowest BCUT2D eigenvalue weighted by Gasteiger charge is -2.33. The fourth-order valence-electron chi connectivity index (χ4n) is 6.32. The molecule has 6 rings (SSSR count). The standard InChI is InChI=1S/C16H19BrO.C15H15BrO2/c1-11(2)14-10-16(5-7-18-8-6-16)15-4-3-12(17)9-13(14)15;1-10(17)13-9-15(4-6-18-7-5-15)14-3-2-11(16)8-12(13)14/h3-4,9-11H,5-8H2,1-2H3;2-3,8-9H,4-7H2,1H3. The van der Waals surface area contributed by atoms with E-state index in [1.807, 2.05) is 0 Å². The predicted molar refractivity (Wildman–Crippen MR) is 153 cm³/mol. The molecule has 36 heavy (non-hydrogen) atoms. The number of allylic oxidation sites excluding steroid dienone is 4. The van der Waals surface area contributed by atoms with Crippen molar-refractivity contribution in [1.29, 1.82) is 0 Å². The minimum atomic E-state index is 0.0231. The summed E-state index contributed by atoms with van der Waals surface area (Å²) in [6.07, 6.45) is 8.89. The van der Waals surface area contributed by atoms with Gasteiger partial charge in [-0.25, -0.2) is 0 Å². The number of ether oxygens (including phenoxy) is 2.